The van der Waals surface area contributed by atoms with E-state index in [1.54, 1.807) is 0 Å². The van der Waals surface area contributed by atoms with E-state index in [0.717, 1.165) is 19.0 Å². The van der Waals surface area contributed by atoms with Gasteiger partial charge in [-0.1, -0.05) is 20.8 Å². The highest BCUT2D eigenvalue weighted by Crippen LogP contribution is 2.57. The van der Waals surface area contributed by atoms with Crippen LogP contribution in [0.5, 0.6) is 0 Å². The second-order valence-corrected chi connectivity index (χ2v) is 6.01. The quantitative estimate of drug-likeness (QED) is 0.770. The first-order chi connectivity index (χ1) is 6.89. The van der Waals surface area contributed by atoms with E-state index in [9.17, 15) is 0 Å². The van der Waals surface area contributed by atoms with Crippen molar-refractivity contribution in [2.24, 2.45) is 22.1 Å². The lowest BCUT2D eigenvalue weighted by Crippen LogP contribution is -2.55. The molecule has 3 heteroatoms. The van der Waals surface area contributed by atoms with E-state index in [0.29, 0.717) is 11.3 Å². The number of nitrogens with zero attached hydrogens (tertiary/aromatic N) is 2. The molecule has 2 N–H and O–H groups in total. The lowest BCUT2D eigenvalue weighted by molar-refractivity contribution is 0.121. The lowest BCUT2D eigenvalue weighted by atomic mass is 9.82. The third kappa shape index (κ3) is 1.52. The van der Waals surface area contributed by atoms with Gasteiger partial charge in [0.1, 0.15) is 0 Å². The van der Waals surface area contributed by atoms with Crippen molar-refractivity contribution in [2.45, 2.75) is 46.1 Å². The molecule has 1 unspecified atom stereocenters. The van der Waals surface area contributed by atoms with Crippen LogP contribution in [-0.4, -0.2) is 29.5 Å². The Hall–Kier alpha value is -0.730. The molecule has 1 heterocycles. The smallest absolute Gasteiger partial charge is 0.191 e. The molecule has 15 heavy (non-hydrogen) atoms. The minimum Gasteiger partial charge on any atom is -0.370 e. The second kappa shape index (κ2) is 3.13. The number of hydrogen-bond acceptors (Lipinski definition) is 3. The zero-order valence-electron chi connectivity index (χ0n) is 10.4. The van der Waals surface area contributed by atoms with Gasteiger partial charge in [-0.15, -0.1) is 0 Å². The van der Waals surface area contributed by atoms with Crippen molar-refractivity contribution < 1.29 is 0 Å². The molecule has 86 valence electrons. The summed E-state index contributed by atoms with van der Waals surface area (Å²) in [4.78, 5) is 6.79. The molecule has 1 aliphatic carbocycles. The second-order valence-electron chi connectivity index (χ2n) is 6.01. The Morgan fingerprint density at radius 3 is 2.47 bits per heavy atom. The minimum absolute atomic E-state index is 0.168. The summed E-state index contributed by atoms with van der Waals surface area (Å²) in [5.74, 6) is 1.39. The number of guanidine groups is 1. The molecule has 1 atom stereocenters. The van der Waals surface area contributed by atoms with Gasteiger partial charge in [0.25, 0.3) is 0 Å². The third-order valence-corrected chi connectivity index (χ3v) is 4.27. The third-order valence-electron chi connectivity index (χ3n) is 4.27. The van der Waals surface area contributed by atoms with Crippen molar-refractivity contribution >= 4 is 5.96 Å². The molecule has 1 fully saturated rings. The van der Waals surface area contributed by atoms with Crippen LogP contribution in [0.2, 0.25) is 0 Å². The summed E-state index contributed by atoms with van der Waals surface area (Å²) in [6, 6.07) is 0. The van der Waals surface area contributed by atoms with Crippen LogP contribution in [0.1, 0.15) is 40.5 Å². The summed E-state index contributed by atoms with van der Waals surface area (Å²) < 4.78 is 0. The molecular formula is C12H23N3. The van der Waals surface area contributed by atoms with Gasteiger partial charge in [0, 0.05) is 6.54 Å². The molecule has 3 nitrogen and oxygen atoms in total. The van der Waals surface area contributed by atoms with Gasteiger partial charge in [-0.2, -0.15) is 0 Å². The monoisotopic (exact) mass is 209 g/mol. The van der Waals surface area contributed by atoms with Crippen LogP contribution in [0.4, 0.5) is 0 Å². The summed E-state index contributed by atoms with van der Waals surface area (Å²) in [5, 5.41) is 0. The maximum Gasteiger partial charge on any atom is 0.191 e. The molecule has 2 rings (SSSR count). The predicted octanol–water partition coefficient (Wildman–Crippen LogP) is 1.83. The molecule has 0 radical (unpaired) electrons. The van der Waals surface area contributed by atoms with E-state index in [1.165, 1.54) is 12.8 Å². The Balaban J connectivity index is 2.19. The predicted molar refractivity (Wildman–Crippen MR) is 63.8 cm³/mol. The van der Waals surface area contributed by atoms with E-state index in [2.05, 4.69) is 37.6 Å². The molecule has 0 bridgehead atoms. The highest BCUT2D eigenvalue weighted by molar-refractivity contribution is 5.81. The van der Waals surface area contributed by atoms with Crippen molar-refractivity contribution in [3.05, 3.63) is 0 Å². The van der Waals surface area contributed by atoms with Crippen molar-refractivity contribution in [3.8, 4) is 0 Å². The first kappa shape index (κ1) is 10.8. The SMILES string of the molecule is CC(C)CN1C(N)=NCC1(C)C1(C)CC1. The summed E-state index contributed by atoms with van der Waals surface area (Å²) >= 11 is 0. The molecule has 0 spiro atoms. The average Bonchev–Trinajstić information content (AvgIpc) is 2.83. The van der Waals surface area contributed by atoms with Crippen molar-refractivity contribution in [3.63, 3.8) is 0 Å². The van der Waals surface area contributed by atoms with Gasteiger partial charge in [0.2, 0.25) is 0 Å². The fraction of sp³-hybridized carbons (Fsp3) is 0.917. The molecule has 2 aliphatic rings. The zero-order valence-corrected chi connectivity index (χ0v) is 10.4. The summed E-state index contributed by atoms with van der Waals surface area (Å²) in [6.45, 7) is 11.1. The highest BCUT2D eigenvalue weighted by atomic mass is 15.4. The Bertz CT molecular complexity index is 291. The number of aliphatic imine (C=N–C) groups is 1. The van der Waals surface area contributed by atoms with Gasteiger partial charge in [0.05, 0.1) is 12.1 Å². The average molecular weight is 209 g/mol. The molecular weight excluding hydrogens is 186 g/mol. The van der Waals surface area contributed by atoms with Crippen LogP contribution < -0.4 is 5.73 Å². The topological polar surface area (TPSA) is 41.6 Å². The van der Waals surface area contributed by atoms with E-state index in [-0.39, 0.29) is 5.54 Å². The first-order valence-corrected chi connectivity index (χ1v) is 5.97. The molecule has 0 aromatic heterocycles. The first-order valence-electron chi connectivity index (χ1n) is 5.97. The summed E-state index contributed by atoms with van der Waals surface area (Å²) in [5.41, 5.74) is 6.61. The fourth-order valence-electron chi connectivity index (χ4n) is 2.56. The van der Waals surface area contributed by atoms with E-state index >= 15 is 0 Å². The Kier molecular flexibility index (Phi) is 2.25. The maximum atomic E-state index is 6.00. The van der Waals surface area contributed by atoms with E-state index < -0.39 is 0 Å². The van der Waals surface area contributed by atoms with E-state index in [1.807, 2.05) is 0 Å². The normalized spacial score (nSPS) is 33.4. The van der Waals surface area contributed by atoms with Crippen LogP contribution in [-0.2, 0) is 0 Å². The molecule has 0 saturated heterocycles. The largest absolute Gasteiger partial charge is 0.370 e. The number of rotatable bonds is 3. The molecule has 0 aromatic carbocycles. The van der Waals surface area contributed by atoms with Crippen molar-refractivity contribution in [2.75, 3.05) is 13.1 Å². The Morgan fingerprint density at radius 1 is 1.40 bits per heavy atom. The van der Waals surface area contributed by atoms with Gasteiger partial charge in [-0.3, -0.25) is 4.99 Å². The van der Waals surface area contributed by atoms with Crippen molar-refractivity contribution in [1.29, 1.82) is 0 Å². The molecule has 0 amide bonds. The molecule has 1 saturated carbocycles. The summed E-state index contributed by atoms with van der Waals surface area (Å²) in [7, 11) is 0. The minimum atomic E-state index is 0.168. The Labute approximate surface area is 92.7 Å². The van der Waals surface area contributed by atoms with Gasteiger partial charge >= 0.3 is 0 Å². The number of nitrogens with two attached hydrogens (primary N) is 1. The Morgan fingerprint density at radius 2 is 2.00 bits per heavy atom. The zero-order chi connectivity index (χ0) is 11.3. The molecule has 1 aliphatic heterocycles. The fourth-order valence-corrected chi connectivity index (χ4v) is 2.56. The van der Waals surface area contributed by atoms with Crippen LogP contribution in [0.25, 0.3) is 0 Å². The van der Waals surface area contributed by atoms with Crippen molar-refractivity contribution in [1.82, 2.24) is 4.90 Å². The standard InChI is InChI=1S/C12H23N3/c1-9(2)7-15-10(13)14-8-12(15,4)11(3)5-6-11/h9H,5-8H2,1-4H3,(H2,13,14). The lowest BCUT2D eigenvalue weighted by Gasteiger charge is -2.42. The number of hydrogen-bond donors (Lipinski definition) is 1. The maximum absolute atomic E-state index is 6.00. The van der Waals surface area contributed by atoms with Gasteiger partial charge in [0.15, 0.2) is 5.96 Å². The van der Waals surface area contributed by atoms with Gasteiger partial charge < -0.3 is 10.6 Å². The van der Waals surface area contributed by atoms with Crippen LogP contribution in [0.15, 0.2) is 4.99 Å². The van der Waals surface area contributed by atoms with Crippen LogP contribution in [0, 0.1) is 11.3 Å². The van der Waals surface area contributed by atoms with Gasteiger partial charge in [-0.25, -0.2) is 0 Å². The van der Waals surface area contributed by atoms with Crippen LogP contribution >= 0.6 is 0 Å². The van der Waals surface area contributed by atoms with Crippen LogP contribution in [0.3, 0.4) is 0 Å². The van der Waals surface area contributed by atoms with E-state index in [4.69, 9.17) is 5.73 Å². The summed E-state index contributed by atoms with van der Waals surface area (Å²) in [6.07, 6.45) is 2.64. The highest BCUT2D eigenvalue weighted by Gasteiger charge is 2.58. The molecule has 0 aromatic rings. The van der Waals surface area contributed by atoms with Gasteiger partial charge in [-0.05, 0) is 31.1 Å².